The lowest BCUT2D eigenvalue weighted by atomic mass is 9.74. The average Bonchev–Trinajstić information content (AvgIpc) is 2.70. The number of ether oxygens (including phenoxy) is 1. The third kappa shape index (κ3) is 9.44. The fraction of sp³-hybridized carbons (Fsp3) is 0.793. The predicted molar refractivity (Wildman–Crippen MR) is 135 cm³/mol. The van der Waals surface area contributed by atoms with E-state index in [9.17, 15) is 0 Å². The van der Waals surface area contributed by atoms with Crippen molar-refractivity contribution in [2.45, 2.75) is 143 Å². The summed E-state index contributed by atoms with van der Waals surface area (Å²) in [6.07, 6.45) is 16.7. The second kappa shape index (κ2) is 14.2. The van der Waals surface area contributed by atoms with Crippen LogP contribution < -0.4 is 4.74 Å². The summed E-state index contributed by atoms with van der Waals surface area (Å²) in [6.45, 7) is 17.4. The molecule has 1 rings (SSSR count). The van der Waals surface area contributed by atoms with Gasteiger partial charge in [0.1, 0.15) is 5.75 Å². The van der Waals surface area contributed by atoms with Gasteiger partial charge in [-0.25, -0.2) is 0 Å². The summed E-state index contributed by atoms with van der Waals surface area (Å²) in [5.74, 6) is 1.13. The van der Waals surface area contributed by atoms with Crippen LogP contribution in [0.25, 0.3) is 0 Å². The molecule has 0 radical (unpaired) electrons. The average molecular weight is 417 g/mol. The third-order valence-electron chi connectivity index (χ3n) is 6.81. The number of benzene rings is 1. The minimum atomic E-state index is 0.155. The standard InChI is InChI=1S/C29H52O/c1-8-11-14-15-18-23-30-27-20-19-25(28(4,5)21-16-12-9-2)24-26(27)29(6,7)22-17-13-10-3/h19-20,24H,8-18,21-23H2,1-7H3. The molecule has 0 fully saturated rings. The van der Waals surface area contributed by atoms with Crippen LogP contribution in [0.3, 0.4) is 0 Å². The molecule has 30 heavy (non-hydrogen) atoms. The van der Waals surface area contributed by atoms with Gasteiger partial charge < -0.3 is 4.74 Å². The van der Waals surface area contributed by atoms with Crippen molar-refractivity contribution < 1.29 is 4.74 Å². The van der Waals surface area contributed by atoms with E-state index >= 15 is 0 Å². The molecule has 0 aliphatic rings. The van der Waals surface area contributed by atoms with E-state index < -0.39 is 0 Å². The fourth-order valence-electron chi connectivity index (χ4n) is 4.41. The molecule has 0 unspecified atom stereocenters. The Balaban J connectivity index is 2.99. The molecule has 0 saturated carbocycles. The van der Waals surface area contributed by atoms with Crippen molar-refractivity contribution in [2.24, 2.45) is 0 Å². The summed E-state index contributed by atoms with van der Waals surface area (Å²) in [7, 11) is 0. The Bertz CT molecular complexity index is 570. The van der Waals surface area contributed by atoms with Crippen molar-refractivity contribution >= 4 is 0 Å². The van der Waals surface area contributed by atoms with E-state index in [-0.39, 0.29) is 10.8 Å². The highest BCUT2D eigenvalue weighted by molar-refractivity contribution is 5.44. The molecule has 1 aromatic carbocycles. The van der Waals surface area contributed by atoms with Crippen LogP contribution in [0.4, 0.5) is 0 Å². The Morgan fingerprint density at radius 3 is 1.77 bits per heavy atom. The van der Waals surface area contributed by atoms with E-state index in [1.165, 1.54) is 94.6 Å². The quantitative estimate of drug-likeness (QED) is 0.230. The van der Waals surface area contributed by atoms with Gasteiger partial charge in [0.05, 0.1) is 6.61 Å². The van der Waals surface area contributed by atoms with Crippen LogP contribution in [0.1, 0.15) is 143 Å². The first kappa shape index (κ1) is 27.1. The van der Waals surface area contributed by atoms with Gasteiger partial charge in [0, 0.05) is 5.56 Å². The highest BCUT2D eigenvalue weighted by atomic mass is 16.5. The van der Waals surface area contributed by atoms with Crippen molar-refractivity contribution in [1.82, 2.24) is 0 Å². The minimum absolute atomic E-state index is 0.155. The SMILES string of the molecule is CCCCCCCOc1ccc(C(C)(C)CCCCC)cc1C(C)(C)CCCCC. The van der Waals surface area contributed by atoms with Crippen LogP contribution in [0, 0.1) is 0 Å². The summed E-state index contributed by atoms with van der Waals surface area (Å²) < 4.78 is 6.38. The van der Waals surface area contributed by atoms with E-state index in [2.05, 4.69) is 66.7 Å². The molecule has 0 N–H and O–H groups in total. The zero-order chi connectivity index (χ0) is 22.5. The molecular formula is C29H52O. The summed E-state index contributed by atoms with van der Waals surface area (Å²) in [6, 6.07) is 7.11. The van der Waals surface area contributed by atoms with Crippen LogP contribution in [-0.2, 0) is 10.8 Å². The number of hydrogen-bond acceptors (Lipinski definition) is 1. The molecule has 0 spiro atoms. The van der Waals surface area contributed by atoms with E-state index in [4.69, 9.17) is 4.74 Å². The molecule has 0 bridgehead atoms. The molecule has 174 valence electrons. The molecule has 1 aromatic rings. The zero-order valence-corrected chi connectivity index (χ0v) is 21.5. The zero-order valence-electron chi connectivity index (χ0n) is 21.5. The highest BCUT2D eigenvalue weighted by Crippen LogP contribution is 2.40. The minimum Gasteiger partial charge on any atom is -0.493 e. The van der Waals surface area contributed by atoms with Crippen molar-refractivity contribution in [3.63, 3.8) is 0 Å². The Hall–Kier alpha value is -0.980. The lowest BCUT2D eigenvalue weighted by Gasteiger charge is -2.32. The molecular weight excluding hydrogens is 364 g/mol. The first-order chi connectivity index (χ1) is 14.3. The Morgan fingerprint density at radius 2 is 1.17 bits per heavy atom. The maximum atomic E-state index is 6.38. The van der Waals surface area contributed by atoms with E-state index in [1.807, 2.05) is 0 Å². The van der Waals surface area contributed by atoms with Crippen LogP contribution in [0.5, 0.6) is 5.75 Å². The lowest BCUT2D eigenvalue weighted by molar-refractivity contribution is 0.292. The molecule has 0 amide bonds. The number of unbranched alkanes of at least 4 members (excludes halogenated alkanes) is 8. The summed E-state index contributed by atoms with van der Waals surface area (Å²) in [4.78, 5) is 0. The number of hydrogen-bond donors (Lipinski definition) is 0. The molecule has 0 heterocycles. The Labute approximate surface area is 189 Å². The first-order valence-corrected chi connectivity index (χ1v) is 13.1. The molecule has 1 heteroatoms. The summed E-state index contributed by atoms with van der Waals surface area (Å²) >= 11 is 0. The molecule has 0 aromatic heterocycles. The van der Waals surface area contributed by atoms with Gasteiger partial charge in [-0.3, -0.25) is 0 Å². The topological polar surface area (TPSA) is 9.23 Å². The van der Waals surface area contributed by atoms with Gasteiger partial charge in [-0.2, -0.15) is 0 Å². The largest absolute Gasteiger partial charge is 0.493 e. The molecule has 0 aliphatic heterocycles. The van der Waals surface area contributed by atoms with E-state index in [0.29, 0.717) is 0 Å². The van der Waals surface area contributed by atoms with Gasteiger partial charge in [-0.1, -0.05) is 125 Å². The molecule has 0 atom stereocenters. The molecule has 0 aliphatic carbocycles. The van der Waals surface area contributed by atoms with Crippen molar-refractivity contribution in [1.29, 1.82) is 0 Å². The Morgan fingerprint density at radius 1 is 0.633 bits per heavy atom. The van der Waals surface area contributed by atoms with E-state index in [1.54, 1.807) is 0 Å². The van der Waals surface area contributed by atoms with Gasteiger partial charge >= 0.3 is 0 Å². The second-order valence-corrected chi connectivity index (χ2v) is 10.7. The third-order valence-corrected chi connectivity index (χ3v) is 6.81. The van der Waals surface area contributed by atoms with Gasteiger partial charge in [-0.05, 0) is 41.7 Å². The van der Waals surface area contributed by atoms with Gasteiger partial charge in [0.2, 0.25) is 0 Å². The first-order valence-electron chi connectivity index (χ1n) is 13.1. The molecule has 1 nitrogen and oxygen atoms in total. The monoisotopic (exact) mass is 416 g/mol. The van der Waals surface area contributed by atoms with Crippen LogP contribution in [0.15, 0.2) is 18.2 Å². The highest BCUT2D eigenvalue weighted by Gasteiger charge is 2.28. The fourth-order valence-corrected chi connectivity index (χ4v) is 4.41. The van der Waals surface area contributed by atoms with E-state index in [0.717, 1.165) is 12.4 Å². The normalized spacial score (nSPS) is 12.4. The second-order valence-electron chi connectivity index (χ2n) is 10.7. The van der Waals surface area contributed by atoms with Crippen LogP contribution in [-0.4, -0.2) is 6.61 Å². The van der Waals surface area contributed by atoms with Crippen LogP contribution >= 0.6 is 0 Å². The summed E-state index contributed by atoms with van der Waals surface area (Å²) in [5, 5.41) is 0. The van der Waals surface area contributed by atoms with Crippen molar-refractivity contribution in [3.05, 3.63) is 29.3 Å². The van der Waals surface area contributed by atoms with Gasteiger partial charge in [0.25, 0.3) is 0 Å². The maximum Gasteiger partial charge on any atom is 0.123 e. The smallest absolute Gasteiger partial charge is 0.123 e. The maximum absolute atomic E-state index is 6.38. The Kier molecular flexibility index (Phi) is 12.8. The van der Waals surface area contributed by atoms with Crippen LogP contribution in [0.2, 0.25) is 0 Å². The van der Waals surface area contributed by atoms with Crippen molar-refractivity contribution in [2.75, 3.05) is 6.61 Å². The predicted octanol–water partition coefficient (Wildman–Crippen LogP) is 9.75. The lowest BCUT2D eigenvalue weighted by Crippen LogP contribution is -2.22. The summed E-state index contributed by atoms with van der Waals surface area (Å²) in [5.41, 5.74) is 3.28. The van der Waals surface area contributed by atoms with Gasteiger partial charge in [0.15, 0.2) is 0 Å². The van der Waals surface area contributed by atoms with Gasteiger partial charge in [-0.15, -0.1) is 0 Å². The number of rotatable bonds is 17. The van der Waals surface area contributed by atoms with Crippen molar-refractivity contribution in [3.8, 4) is 5.75 Å². The molecule has 0 saturated heterocycles.